The van der Waals surface area contributed by atoms with Crippen LogP contribution < -0.4 is 5.32 Å². The van der Waals surface area contributed by atoms with E-state index in [2.05, 4.69) is 29.2 Å². The van der Waals surface area contributed by atoms with Gasteiger partial charge in [-0.25, -0.2) is 4.68 Å². The summed E-state index contributed by atoms with van der Waals surface area (Å²) in [6.07, 6.45) is 7.34. The number of nitrogens with one attached hydrogen (secondary N) is 1. The van der Waals surface area contributed by atoms with Crippen LogP contribution in [0.15, 0.2) is 36.9 Å². The number of pyridine rings is 1. The van der Waals surface area contributed by atoms with Crippen molar-refractivity contribution in [3.8, 4) is 5.69 Å². The molecule has 0 saturated carbocycles. The molecular formula is C12H16N4. The zero-order valence-corrected chi connectivity index (χ0v) is 9.59. The van der Waals surface area contributed by atoms with Crippen LogP contribution in [0.4, 0.5) is 5.69 Å². The maximum atomic E-state index is 4.29. The van der Waals surface area contributed by atoms with Crippen LogP contribution in [0.3, 0.4) is 0 Å². The molecule has 0 spiro atoms. The summed E-state index contributed by atoms with van der Waals surface area (Å²) in [5, 5.41) is 7.63. The molecule has 84 valence electrons. The van der Waals surface area contributed by atoms with Crippen molar-refractivity contribution in [2.45, 2.75) is 13.8 Å². The van der Waals surface area contributed by atoms with Crippen LogP contribution in [0, 0.1) is 5.92 Å². The minimum absolute atomic E-state index is 0.629. The number of hydrogen-bond acceptors (Lipinski definition) is 3. The second kappa shape index (κ2) is 4.79. The van der Waals surface area contributed by atoms with Crippen LogP contribution in [-0.2, 0) is 0 Å². The zero-order valence-electron chi connectivity index (χ0n) is 9.59. The highest BCUT2D eigenvalue weighted by atomic mass is 15.3. The van der Waals surface area contributed by atoms with Crippen molar-refractivity contribution in [1.82, 2.24) is 14.8 Å². The van der Waals surface area contributed by atoms with E-state index in [1.165, 1.54) is 0 Å². The van der Waals surface area contributed by atoms with Gasteiger partial charge in [-0.2, -0.15) is 5.10 Å². The van der Waals surface area contributed by atoms with E-state index in [1.54, 1.807) is 12.4 Å². The molecule has 0 atom stereocenters. The molecule has 2 aromatic rings. The summed E-state index contributed by atoms with van der Waals surface area (Å²) in [4.78, 5) is 3.98. The van der Waals surface area contributed by atoms with Gasteiger partial charge in [-0.05, 0) is 18.1 Å². The summed E-state index contributed by atoms with van der Waals surface area (Å²) in [6.45, 7) is 5.32. The molecule has 0 amide bonds. The van der Waals surface area contributed by atoms with E-state index >= 15 is 0 Å². The van der Waals surface area contributed by atoms with Gasteiger partial charge in [0.15, 0.2) is 0 Å². The van der Waals surface area contributed by atoms with Crippen molar-refractivity contribution < 1.29 is 0 Å². The lowest BCUT2D eigenvalue weighted by Crippen LogP contribution is -2.07. The van der Waals surface area contributed by atoms with Gasteiger partial charge in [0.05, 0.1) is 23.8 Å². The van der Waals surface area contributed by atoms with E-state index < -0.39 is 0 Å². The number of nitrogens with zero attached hydrogens (tertiary/aromatic N) is 3. The Morgan fingerprint density at radius 3 is 2.75 bits per heavy atom. The molecule has 16 heavy (non-hydrogen) atoms. The predicted molar refractivity (Wildman–Crippen MR) is 64.7 cm³/mol. The van der Waals surface area contributed by atoms with Gasteiger partial charge in [0.25, 0.3) is 0 Å². The second-order valence-electron chi connectivity index (χ2n) is 4.15. The molecule has 0 saturated heterocycles. The highest BCUT2D eigenvalue weighted by molar-refractivity contribution is 5.41. The first-order valence-corrected chi connectivity index (χ1v) is 5.44. The fraction of sp³-hybridized carbons (Fsp3) is 0.333. The van der Waals surface area contributed by atoms with Gasteiger partial charge in [0, 0.05) is 18.9 Å². The molecule has 0 unspecified atom stereocenters. The Balaban J connectivity index is 2.08. The Morgan fingerprint density at radius 1 is 1.31 bits per heavy atom. The summed E-state index contributed by atoms with van der Waals surface area (Å²) >= 11 is 0. The van der Waals surface area contributed by atoms with Gasteiger partial charge in [-0.3, -0.25) is 4.98 Å². The van der Waals surface area contributed by atoms with Crippen LogP contribution in [-0.4, -0.2) is 21.3 Å². The molecule has 2 aromatic heterocycles. The maximum Gasteiger partial charge on any atom is 0.0731 e. The van der Waals surface area contributed by atoms with E-state index in [0.29, 0.717) is 5.92 Å². The van der Waals surface area contributed by atoms with Gasteiger partial charge >= 0.3 is 0 Å². The van der Waals surface area contributed by atoms with Crippen LogP contribution in [0.2, 0.25) is 0 Å². The van der Waals surface area contributed by atoms with Gasteiger partial charge in [-0.15, -0.1) is 0 Å². The van der Waals surface area contributed by atoms with Crippen LogP contribution >= 0.6 is 0 Å². The van der Waals surface area contributed by atoms with E-state index in [1.807, 2.05) is 29.2 Å². The van der Waals surface area contributed by atoms with Crippen molar-refractivity contribution >= 4 is 5.69 Å². The molecule has 0 fully saturated rings. The lowest BCUT2D eigenvalue weighted by molar-refractivity contribution is 0.689. The molecule has 4 heteroatoms. The monoisotopic (exact) mass is 216 g/mol. The molecule has 4 nitrogen and oxygen atoms in total. The highest BCUT2D eigenvalue weighted by Gasteiger charge is 2.00. The van der Waals surface area contributed by atoms with E-state index in [4.69, 9.17) is 0 Å². The maximum absolute atomic E-state index is 4.29. The largest absolute Gasteiger partial charge is 0.382 e. The van der Waals surface area contributed by atoms with Gasteiger partial charge < -0.3 is 5.32 Å². The Kier molecular flexibility index (Phi) is 3.19. The first-order valence-electron chi connectivity index (χ1n) is 5.44. The summed E-state index contributed by atoms with van der Waals surface area (Å²) in [7, 11) is 0. The van der Waals surface area contributed by atoms with Crippen molar-refractivity contribution in [2.24, 2.45) is 5.92 Å². The number of aromatic nitrogens is 3. The Morgan fingerprint density at radius 2 is 2.06 bits per heavy atom. The van der Waals surface area contributed by atoms with Crippen molar-refractivity contribution in [3.05, 3.63) is 36.9 Å². The smallest absolute Gasteiger partial charge is 0.0731 e. The van der Waals surface area contributed by atoms with Crippen LogP contribution in [0.1, 0.15) is 13.8 Å². The minimum atomic E-state index is 0.629. The molecule has 2 heterocycles. The lowest BCUT2D eigenvalue weighted by Gasteiger charge is -2.05. The topological polar surface area (TPSA) is 42.7 Å². The van der Waals surface area contributed by atoms with E-state index in [0.717, 1.165) is 17.9 Å². The fourth-order valence-corrected chi connectivity index (χ4v) is 1.37. The molecule has 0 aliphatic carbocycles. The second-order valence-corrected chi connectivity index (χ2v) is 4.15. The van der Waals surface area contributed by atoms with Gasteiger partial charge in [-0.1, -0.05) is 13.8 Å². The normalized spacial score (nSPS) is 10.7. The molecule has 0 radical (unpaired) electrons. The van der Waals surface area contributed by atoms with E-state index in [9.17, 15) is 0 Å². The van der Waals surface area contributed by atoms with E-state index in [-0.39, 0.29) is 0 Å². The molecular weight excluding hydrogens is 200 g/mol. The van der Waals surface area contributed by atoms with Crippen molar-refractivity contribution in [3.63, 3.8) is 0 Å². The quantitative estimate of drug-likeness (QED) is 0.853. The molecule has 0 aromatic carbocycles. The summed E-state index contributed by atoms with van der Waals surface area (Å²) in [6, 6.07) is 3.86. The summed E-state index contributed by atoms with van der Waals surface area (Å²) in [5.74, 6) is 0.629. The Labute approximate surface area is 95.3 Å². The number of anilines is 1. The first kappa shape index (κ1) is 10.7. The van der Waals surface area contributed by atoms with Gasteiger partial charge in [0.2, 0.25) is 0 Å². The van der Waals surface area contributed by atoms with Crippen LogP contribution in [0.25, 0.3) is 5.69 Å². The van der Waals surface area contributed by atoms with Crippen LogP contribution in [0.5, 0.6) is 0 Å². The fourth-order valence-electron chi connectivity index (χ4n) is 1.37. The third kappa shape index (κ3) is 2.59. The Hall–Kier alpha value is -1.84. The van der Waals surface area contributed by atoms with Crippen molar-refractivity contribution in [1.29, 1.82) is 0 Å². The third-order valence-corrected chi connectivity index (χ3v) is 2.22. The SMILES string of the molecule is CC(C)CNc1cnn(-c2ccncc2)c1. The highest BCUT2D eigenvalue weighted by Crippen LogP contribution is 2.10. The summed E-state index contributed by atoms with van der Waals surface area (Å²) < 4.78 is 1.84. The molecule has 1 N–H and O–H groups in total. The molecule has 2 rings (SSSR count). The average Bonchev–Trinajstić information content (AvgIpc) is 2.76. The Bertz CT molecular complexity index is 433. The lowest BCUT2D eigenvalue weighted by atomic mass is 10.2. The number of rotatable bonds is 4. The predicted octanol–water partition coefficient (Wildman–Crippen LogP) is 2.34. The van der Waals surface area contributed by atoms with Gasteiger partial charge in [0.1, 0.15) is 0 Å². The zero-order chi connectivity index (χ0) is 11.4. The first-order chi connectivity index (χ1) is 7.75. The number of hydrogen-bond donors (Lipinski definition) is 1. The molecule has 0 aliphatic rings. The summed E-state index contributed by atoms with van der Waals surface area (Å²) in [5.41, 5.74) is 2.07. The third-order valence-electron chi connectivity index (χ3n) is 2.22. The standard InChI is InChI=1S/C12H16N4/c1-10(2)7-14-11-8-15-16(9-11)12-3-5-13-6-4-12/h3-6,8-10,14H,7H2,1-2H3. The minimum Gasteiger partial charge on any atom is -0.382 e. The van der Waals surface area contributed by atoms with Crippen molar-refractivity contribution in [2.75, 3.05) is 11.9 Å². The molecule has 0 aliphatic heterocycles. The molecule has 0 bridgehead atoms. The average molecular weight is 216 g/mol.